The van der Waals surface area contributed by atoms with E-state index in [1.165, 1.54) is 0 Å². The highest BCUT2D eigenvalue weighted by atomic mass is 28.4. The smallest absolute Gasteiger partial charge is 0.191 e. The van der Waals surface area contributed by atoms with Gasteiger partial charge in [-0.2, -0.15) is 0 Å². The maximum atomic E-state index is 9.28. The molecule has 0 saturated heterocycles. The van der Waals surface area contributed by atoms with Crippen molar-refractivity contribution in [1.82, 2.24) is 0 Å². The van der Waals surface area contributed by atoms with Gasteiger partial charge in [-0.15, -0.1) is 0 Å². The molecule has 0 saturated carbocycles. The van der Waals surface area contributed by atoms with Crippen LogP contribution in [0, 0.1) is 5.92 Å². The van der Waals surface area contributed by atoms with Crippen LogP contribution in [0.15, 0.2) is 0 Å². The fourth-order valence-corrected chi connectivity index (χ4v) is 2.49. The van der Waals surface area contributed by atoms with Gasteiger partial charge in [0.25, 0.3) is 0 Å². The van der Waals surface area contributed by atoms with Gasteiger partial charge in [0.15, 0.2) is 8.32 Å². The van der Waals surface area contributed by atoms with Crippen LogP contribution in [0.25, 0.3) is 0 Å². The van der Waals surface area contributed by atoms with Gasteiger partial charge in [0.2, 0.25) is 0 Å². The second-order valence-electron chi connectivity index (χ2n) is 6.59. The van der Waals surface area contributed by atoms with E-state index < -0.39 is 8.32 Å². The Kier molecular flexibility index (Phi) is 6.23. The fraction of sp³-hybridized carbons (Fsp3) is 1.00. The van der Waals surface area contributed by atoms with Crippen molar-refractivity contribution in [3.63, 3.8) is 0 Å². The lowest BCUT2D eigenvalue weighted by molar-refractivity contribution is 0.153. The lowest BCUT2D eigenvalue weighted by Gasteiger charge is -2.36. The van der Waals surface area contributed by atoms with Crippen molar-refractivity contribution in [3.05, 3.63) is 0 Å². The van der Waals surface area contributed by atoms with Crippen LogP contribution in [-0.4, -0.2) is 26.1 Å². The summed E-state index contributed by atoms with van der Waals surface area (Å²) in [6.45, 7) is 16.2. The SMILES string of the molecule is C[C@@H](CCO[Si](C)(C)C(C)(C)C)C[C@@H](C)O. The van der Waals surface area contributed by atoms with Gasteiger partial charge in [-0.25, -0.2) is 0 Å². The maximum absolute atomic E-state index is 9.28. The number of hydrogen-bond donors (Lipinski definition) is 1. The third-order valence-electron chi connectivity index (χ3n) is 3.62. The quantitative estimate of drug-likeness (QED) is 0.722. The largest absolute Gasteiger partial charge is 0.417 e. The van der Waals surface area contributed by atoms with E-state index in [0.717, 1.165) is 19.4 Å². The summed E-state index contributed by atoms with van der Waals surface area (Å²) in [6.07, 6.45) is 1.74. The number of aliphatic hydroxyl groups is 1. The molecule has 0 heterocycles. The summed E-state index contributed by atoms with van der Waals surface area (Å²) >= 11 is 0. The van der Waals surface area contributed by atoms with E-state index in [2.05, 4.69) is 40.8 Å². The van der Waals surface area contributed by atoms with E-state index in [1.807, 2.05) is 6.92 Å². The maximum Gasteiger partial charge on any atom is 0.191 e. The molecule has 0 unspecified atom stereocenters. The fourth-order valence-electron chi connectivity index (χ4n) is 1.43. The molecule has 0 aromatic carbocycles. The summed E-state index contributed by atoms with van der Waals surface area (Å²) in [4.78, 5) is 0. The van der Waals surface area contributed by atoms with Crippen molar-refractivity contribution in [2.75, 3.05) is 6.61 Å². The lowest BCUT2D eigenvalue weighted by Crippen LogP contribution is -2.41. The first-order chi connectivity index (χ1) is 7.06. The van der Waals surface area contributed by atoms with Gasteiger partial charge in [0.1, 0.15) is 0 Å². The summed E-state index contributed by atoms with van der Waals surface area (Å²) in [5.74, 6) is 0.546. The summed E-state index contributed by atoms with van der Waals surface area (Å²) in [7, 11) is -1.57. The molecule has 2 atom stereocenters. The monoisotopic (exact) mass is 246 g/mol. The molecule has 0 rings (SSSR count). The first-order valence-electron chi connectivity index (χ1n) is 6.38. The minimum atomic E-state index is -1.57. The van der Waals surface area contributed by atoms with Crippen molar-refractivity contribution < 1.29 is 9.53 Å². The highest BCUT2D eigenvalue weighted by Crippen LogP contribution is 2.36. The van der Waals surface area contributed by atoms with E-state index in [9.17, 15) is 5.11 Å². The van der Waals surface area contributed by atoms with E-state index >= 15 is 0 Å². The molecule has 98 valence electrons. The Morgan fingerprint density at radius 1 is 1.19 bits per heavy atom. The molecule has 2 nitrogen and oxygen atoms in total. The Balaban J connectivity index is 3.90. The normalized spacial score (nSPS) is 17.2. The molecule has 1 N–H and O–H groups in total. The summed E-state index contributed by atoms with van der Waals surface area (Å²) in [5, 5.41) is 9.57. The van der Waals surface area contributed by atoms with Crippen molar-refractivity contribution in [2.24, 2.45) is 5.92 Å². The van der Waals surface area contributed by atoms with Crippen LogP contribution < -0.4 is 0 Å². The predicted octanol–water partition coefficient (Wildman–Crippen LogP) is 3.81. The average molecular weight is 246 g/mol. The third-order valence-corrected chi connectivity index (χ3v) is 8.16. The Morgan fingerprint density at radius 3 is 2.06 bits per heavy atom. The van der Waals surface area contributed by atoms with E-state index in [4.69, 9.17) is 4.43 Å². The Bertz CT molecular complexity index is 195. The molecule has 0 aliphatic rings. The van der Waals surface area contributed by atoms with Crippen LogP contribution >= 0.6 is 0 Å². The van der Waals surface area contributed by atoms with Gasteiger partial charge in [-0.3, -0.25) is 0 Å². The van der Waals surface area contributed by atoms with E-state index in [-0.39, 0.29) is 6.10 Å². The zero-order chi connectivity index (χ0) is 13.0. The standard InChI is InChI=1S/C13H30O2Si/c1-11(10-12(2)14)8-9-15-16(6,7)13(3,4)5/h11-12,14H,8-10H2,1-7H3/t11-,12+/m0/s1. The van der Waals surface area contributed by atoms with Gasteiger partial charge in [-0.05, 0) is 43.8 Å². The van der Waals surface area contributed by atoms with E-state index in [1.54, 1.807) is 0 Å². The molecule has 0 fully saturated rings. The van der Waals surface area contributed by atoms with Crippen LogP contribution in [0.2, 0.25) is 18.1 Å². The van der Waals surface area contributed by atoms with Crippen LogP contribution in [0.4, 0.5) is 0 Å². The third kappa shape index (κ3) is 6.02. The molecule has 0 aromatic rings. The summed E-state index contributed by atoms with van der Waals surface area (Å²) in [6, 6.07) is 0. The van der Waals surface area contributed by atoms with E-state index in [0.29, 0.717) is 11.0 Å². The van der Waals surface area contributed by atoms with Gasteiger partial charge >= 0.3 is 0 Å². The van der Waals surface area contributed by atoms with Gasteiger partial charge < -0.3 is 9.53 Å². The number of aliphatic hydroxyl groups excluding tert-OH is 1. The number of rotatable bonds is 6. The minimum absolute atomic E-state index is 0.192. The zero-order valence-corrected chi connectivity index (χ0v) is 13.1. The Morgan fingerprint density at radius 2 is 1.69 bits per heavy atom. The molecule has 0 spiro atoms. The molecule has 0 aliphatic heterocycles. The average Bonchev–Trinajstić information content (AvgIpc) is 1.99. The topological polar surface area (TPSA) is 29.5 Å². The second-order valence-corrected chi connectivity index (χ2v) is 11.4. The van der Waals surface area contributed by atoms with Crippen molar-refractivity contribution in [2.45, 2.75) is 71.7 Å². The molecule has 0 aromatic heterocycles. The minimum Gasteiger partial charge on any atom is -0.417 e. The second kappa shape index (κ2) is 6.17. The Hall–Kier alpha value is 0.137. The molecule has 16 heavy (non-hydrogen) atoms. The van der Waals surface area contributed by atoms with Crippen LogP contribution in [0.5, 0.6) is 0 Å². The summed E-state index contributed by atoms with van der Waals surface area (Å²) < 4.78 is 6.10. The summed E-state index contributed by atoms with van der Waals surface area (Å²) in [5.41, 5.74) is 0. The van der Waals surface area contributed by atoms with Crippen molar-refractivity contribution in [1.29, 1.82) is 0 Å². The van der Waals surface area contributed by atoms with Gasteiger partial charge in [0, 0.05) is 6.61 Å². The highest BCUT2D eigenvalue weighted by molar-refractivity contribution is 6.74. The molecule has 0 bridgehead atoms. The van der Waals surface area contributed by atoms with Crippen LogP contribution in [-0.2, 0) is 4.43 Å². The highest BCUT2D eigenvalue weighted by Gasteiger charge is 2.36. The van der Waals surface area contributed by atoms with Gasteiger partial charge in [0.05, 0.1) is 6.10 Å². The van der Waals surface area contributed by atoms with Gasteiger partial charge in [-0.1, -0.05) is 27.7 Å². The molecule has 0 amide bonds. The van der Waals surface area contributed by atoms with Crippen LogP contribution in [0.3, 0.4) is 0 Å². The van der Waals surface area contributed by atoms with Crippen molar-refractivity contribution >= 4 is 8.32 Å². The zero-order valence-electron chi connectivity index (χ0n) is 12.1. The molecular formula is C13H30O2Si. The lowest BCUT2D eigenvalue weighted by atomic mass is 10.0. The molecule has 3 heteroatoms. The molecule has 0 radical (unpaired) electrons. The first-order valence-corrected chi connectivity index (χ1v) is 9.29. The Labute approximate surface area is 103 Å². The first kappa shape index (κ1) is 16.1. The molecule has 0 aliphatic carbocycles. The van der Waals surface area contributed by atoms with Crippen molar-refractivity contribution in [3.8, 4) is 0 Å². The van der Waals surface area contributed by atoms with Crippen LogP contribution in [0.1, 0.15) is 47.5 Å². The predicted molar refractivity (Wildman–Crippen MR) is 73.2 cm³/mol. The molecular weight excluding hydrogens is 216 g/mol. The number of hydrogen-bond acceptors (Lipinski definition) is 2.